The van der Waals surface area contributed by atoms with Crippen molar-refractivity contribution in [1.29, 1.82) is 0 Å². The standard InChI is InChI=1S/C19H22N2O6S/c1-3-26-17-7-5-4-6-16(17)19(23)27-12-18(22)21-13(2)14-8-10-15(11-9-14)28(20,24)25/h4-11,13H,3,12H2,1-2H3,(H,21,22)(H2,20,24,25)/t13-/m0/s1. The van der Waals surface area contributed by atoms with E-state index < -0.39 is 34.5 Å². The van der Waals surface area contributed by atoms with Gasteiger partial charge in [-0.15, -0.1) is 0 Å². The summed E-state index contributed by atoms with van der Waals surface area (Å²) in [6, 6.07) is 12.0. The molecule has 0 aliphatic heterocycles. The molecule has 2 aromatic carbocycles. The molecule has 2 aromatic rings. The van der Waals surface area contributed by atoms with E-state index in [0.717, 1.165) is 0 Å². The van der Waals surface area contributed by atoms with E-state index in [9.17, 15) is 18.0 Å². The van der Waals surface area contributed by atoms with E-state index in [1.165, 1.54) is 12.1 Å². The Morgan fingerprint density at radius 1 is 1.11 bits per heavy atom. The van der Waals surface area contributed by atoms with Crippen molar-refractivity contribution >= 4 is 21.9 Å². The summed E-state index contributed by atoms with van der Waals surface area (Å²) >= 11 is 0. The molecule has 28 heavy (non-hydrogen) atoms. The summed E-state index contributed by atoms with van der Waals surface area (Å²) in [7, 11) is -3.78. The Balaban J connectivity index is 1.92. The lowest BCUT2D eigenvalue weighted by Gasteiger charge is -2.15. The van der Waals surface area contributed by atoms with Crippen molar-refractivity contribution in [2.45, 2.75) is 24.8 Å². The second-order valence-electron chi connectivity index (χ2n) is 5.91. The quantitative estimate of drug-likeness (QED) is 0.644. The average Bonchev–Trinajstić information content (AvgIpc) is 2.66. The minimum atomic E-state index is -3.78. The minimum absolute atomic E-state index is 0.0170. The van der Waals surface area contributed by atoms with E-state index in [1.54, 1.807) is 50.2 Å². The van der Waals surface area contributed by atoms with Gasteiger partial charge in [-0.3, -0.25) is 4.79 Å². The number of para-hydroxylation sites is 1. The number of nitrogens with two attached hydrogens (primary N) is 1. The molecule has 0 radical (unpaired) electrons. The van der Waals surface area contributed by atoms with Gasteiger partial charge in [-0.1, -0.05) is 24.3 Å². The highest BCUT2D eigenvalue weighted by Crippen LogP contribution is 2.19. The molecule has 0 bridgehead atoms. The smallest absolute Gasteiger partial charge is 0.342 e. The predicted octanol–water partition coefficient (Wildman–Crippen LogP) is 1.77. The molecule has 8 nitrogen and oxygen atoms in total. The zero-order valence-corrected chi connectivity index (χ0v) is 16.4. The number of benzene rings is 2. The van der Waals surface area contributed by atoms with Crippen LogP contribution in [0.15, 0.2) is 53.4 Å². The molecule has 0 aliphatic rings. The summed E-state index contributed by atoms with van der Waals surface area (Å²) in [5, 5.41) is 7.73. The predicted molar refractivity (Wildman–Crippen MR) is 102 cm³/mol. The maximum Gasteiger partial charge on any atom is 0.342 e. The summed E-state index contributed by atoms with van der Waals surface area (Å²) in [5.74, 6) is -0.770. The van der Waals surface area contributed by atoms with Crippen LogP contribution in [0, 0.1) is 0 Å². The van der Waals surface area contributed by atoms with Crippen molar-refractivity contribution in [1.82, 2.24) is 5.32 Å². The van der Waals surface area contributed by atoms with Gasteiger partial charge in [0, 0.05) is 0 Å². The van der Waals surface area contributed by atoms with E-state index in [4.69, 9.17) is 14.6 Å². The van der Waals surface area contributed by atoms with Gasteiger partial charge in [0.15, 0.2) is 6.61 Å². The first-order valence-electron chi connectivity index (χ1n) is 8.53. The summed E-state index contributed by atoms with van der Waals surface area (Å²) in [6.07, 6.45) is 0. The van der Waals surface area contributed by atoms with Gasteiger partial charge in [-0.05, 0) is 43.7 Å². The molecule has 0 saturated carbocycles. The van der Waals surface area contributed by atoms with Gasteiger partial charge in [0.2, 0.25) is 10.0 Å². The third-order valence-corrected chi connectivity index (χ3v) is 4.76. The Morgan fingerprint density at radius 3 is 2.36 bits per heavy atom. The number of ether oxygens (including phenoxy) is 2. The molecule has 9 heteroatoms. The number of esters is 1. The molecule has 0 aliphatic carbocycles. The number of hydrogen-bond donors (Lipinski definition) is 2. The molecule has 2 rings (SSSR count). The van der Waals surface area contributed by atoms with Crippen LogP contribution in [0.5, 0.6) is 5.75 Å². The minimum Gasteiger partial charge on any atom is -0.493 e. The zero-order valence-electron chi connectivity index (χ0n) is 15.5. The molecule has 0 spiro atoms. The molecule has 1 atom stereocenters. The number of hydrogen-bond acceptors (Lipinski definition) is 6. The van der Waals surface area contributed by atoms with Crippen molar-refractivity contribution in [2.24, 2.45) is 5.14 Å². The van der Waals surface area contributed by atoms with Gasteiger partial charge < -0.3 is 14.8 Å². The number of amides is 1. The Labute approximate surface area is 163 Å². The second kappa shape index (κ2) is 9.34. The molecule has 0 unspecified atom stereocenters. The fourth-order valence-corrected chi connectivity index (χ4v) is 2.95. The normalized spacial score (nSPS) is 12.1. The number of carbonyl (C=O) groups excluding carboxylic acids is 2. The fraction of sp³-hybridized carbons (Fsp3) is 0.263. The first kappa shape index (κ1) is 21.4. The Bertz CT molecular complexity index is 941. The van der Waals surface area contributed by atoms with Crippen LogP contribution in [0.3, 0.4) is 0 Å². The zero-order chi connectivity index (χ0) is 20.7. The molecule has 0 heterocycles. The largest absolute Gasteiger partial charge is 0.493 e. The van der Waals surface area contributed by atoms with E-state index >= 15 is 0 Å². The first-order chi connectivity index (χ1) is 13.2. The number of rotatable bonds is 8. The molecule has 150 valence electrons. The van der Waals surface area contributed by atoms with E-state index in [0.29, 0.717) is 17.9 Å². The van der Waals surface area contributed by atoms with Gasteiger partial charge in [0.05, 0.1) is 17.5 Å². The summed E-state index contributed by atoms with van der Waals surface area (Å²) < 4.78 is 33.0. The van der Waals surface area contributed by atoms with Gasteiger partial charge in [-0.2, -0.15) is 0 Å². The maximum absolute atomic E-state index is 12.2. The van der Waals surface area contributed by atoms with Crippen LogP contribution in [-0.4, -0.2) is 33.5 Å². The van der Waals surface area contributed by atoms with Gasteiger partial charge >= 0.3 is 5.97 Å². The van der Waals surface area contributed by atoms with Crippen LogP contribution >= 0.6 is 0 Å². The third-order valence-electron chi connectivity index (χ3n) is 3.83. The third kappa shape index (κ3) is 5.80. The van der Waals surface area contributed by atoms with Crippen molar-refractivity contribution in [3.05, 3.63) is 59.7 Å². The molecular weight excluding hydrogens is 384 g/mol. The SMILES string of the molecule is CCOc1ccccc1C(=O)OCC(=O)N[C@@H](C)c1ccc(S(N)(=O)=O)cc1. The Kier molecular flexibility index (Phi) is 7.13. The number of sulfonamides is 1. The van der Waals surface area contributed by atoms with Crippen molar-refractivity contribution < 1.29 is 27.5 Å². The Morgan fingerprint density at radius 2 is 1.75 bits per heavy atom. The van der Waals surface area contributed by atoms with Gasteiger partial charge in [-0.25, -0.2) is 18.4 Å². The van der Waals surface area contributed by atoms with Crippen LogP contribution in [-0.2, 0) is 19.6 Å². The molecule has 3 N–H and O–H groups in total. The van der Waals surface area contributed by atoms with Crippen molar-refractivity contribution in [2.75, 3.05) is 13.2 Å². The summed E-state index contributed by atoms with van der Waals surface area (Å²) in [6.45, 7) is 3.45. The second-order valence-corrected chi connectivity index (χ2v) is 7.47. The van der Waals surface area contributed by atoms with Crippen LogP contribution < -0.4 is 15.2 Å². The van der Waals surface area contributed by atoms with Crippen molar-refractivity contribution in [3.63, 3.8) is 0 Å². The van der Waals surface area contributed by atoms with E-state index in [-0.39, 0.29) is 10.5 Å². The summed E-state index contributed by atoms with van der Waals surface area (Å²) in [4.78, 5) is 24.2. The highest BCUT2D eigenvalue weighted by molar-refractivity contribution is 7.89. The highest BCUT2D eigenvalue weighted by atomic mass is 32.2. The molecule has 0 saturated heterocycles. The van der Waals surface area contributed by atoms with E-state index in [1.807, 2.05) is 0 Å². The summed E-state index contributed by atoms with van der Waals surface area (Å²) in [5.41, 5.74) is 0.914. The van der Waals surface area contributed by atoms with Crippen LogP contribution in [0.2, 0.25) is 0 Å². The lowest BCUT2D eigenvalue weighted by Crippen LogP contribution is -2.31. The number of nitrogens with one attached hydrogen (secondary N) is 1. The first-order valence-corrected chi connectivity index (χ1v) is 10.1. The lowest BCUT2D eigenvalue weighted by molar-refractivity contribution is -0.124. The van der Waals surface area contributed by atoms with Crippen molar-refractivity contribution in [3.8, 4) is 5.75 Å². The highest BCUT2D eigenvalue weighted by Gasteiger charge is 2.17. The number of primary sulfonamides is 1. The van der Waals surface area contributed by atoms with Crippen LogP contribution in [0.25, 0.3) is 0 Å². The maximum atomic E-state index is 12.2. The average molecular weight is 406 g/mol. The Hall–Kier alpha value is -2.91. The van der Waals surface area contributed by atoms with Gasteiger partial charge in [0.1, 0.15) is 11.3 Å². The van der Waals surface area contributed by atoms with Gasteiger partial charge in [0.25, 0.3) is 5.91 Å². The van der Waals surface area contributed by atoms with Crippen LogP contribution in [0.4, 0.5) is 0 Å². The molecule has 1 amide bonds. The lowest BCUT2D eigenvalue weighted by atomic mass is 10.1. The molecular formula is C19H22N2O6S. The molecule has 0 fully saturated rings. The topological polar surface area (TPSA) is 125 Å². The van der Waals surface area contributed by atoms with E-state index in [2.05, 4.69) is 5.32 Å². The van der Waals surface area contributed by atoms with Crippen LogP contribution in [0.1, 0.15) is 35.8 Å². The number of carbonyl (C=O) groups is 2. The monoisotopic (exact) mass is 406 g/mol. The molecule has 0 aromatic heterocycles. The fourth-order valence-electron chi connectivity index (χ4n) is 2.44.